The molecule has 182 valence electrons. The molecule has 0 spiro atoms. The fourth-order valence-electron chi connectivity index (χ4n) is 3.34. The van der Waals surface area contributed by atoms with Gasteiger partial charge in [0.1, 0.15) is 11.8 Å². The van der Waals surface area contributed by atoms with E-state index in [0.717, 1.165) is 44.1 Å². The molecule has 0 fully saturated rings. The number of unbranched alkanes of at least 4 members (excludes halogenated alkanes) is 5. The summed E-state index contributed by atoms with van der Waals surface area (Å²) in [5.74, 6) is -0.654. The zero-order valence-corrected chi connectivity index (χ0v) is 20.3. The molecule has 0 bridgehead atoms. The molecule has 0 aromatic heterocycles. The van der Waals surface area contributed by atoms with Crippen molar-refractivity contribution in [2.45, 2.75) is 83.6 Å². The summed E-state index contributed by atoms with van der Waals surface area (Å²) in [5, 5.41) is 21.9. The molecule has 1 aromatic rings. The minimum absolute atomic E-state index is 0.190. The van der Waals surface area contributed by atoms with Crippen molar-refractivity contribution in [3.8, 4) is 5.75 Å². The van der Waals surface area contributed by atoms with Crippen LogP contribution in [0.4, 0.5) is 0 Å². The second-order valence-electron chi connectivity index (χ2n) is 8.30. The second-order valence-corrected chi connectivity index (χ2v) is 8.30. The lowest BCUT2D eigenvalue weighted by atomic mass is 10.1. The van der Waals surface area contributed by atoms with E-state index in [2.05, 4.69) is 60.8 Å². The molecule has 0 amide bonds. The average molecular weight is 454 g/mol. The Hall–Kier alpha value is -2.59. The van der Waals surface area contributed by atoms with Crippen LogP contribution < -0.4 is 5.32 Å². The van der Waals surface area contributed by atoms with Gasteiger partial charge in [0.2, 0.25) is 0 Å². The lowest BCUT2D eigenvalue weighted by Gasteiger charge is -2.14. The Bertz CT molecular complexity index is 732. The van der Waals surface area contributed by atoms with Crippen molar-refractivity contribution >= 4 is 5.97 Å². The van der Waals surface area contributed by atoms with Crippen LogP contribution in [0.15, 0.2) is 72.9 Å². The molecule has 3 N–H and O–H groups in total. The fourth-order valence-corrected chi connectivity index (χ4v) is 3.34. The molecule has 0 aliphatic heterocycles. The molecule has 0 aliphatic rings. The highest BCUT2D eigenvalue weighted by Gasteiger charge is 2.16. The van der Waals surface area contributed by atoms with E-state index >= 15 is 0 Å². The predicted molar refractivity (Wildman–Crippen MR) is 140 cm³/mol. The van der Waals surface area contributed by atoms with Gasteiger partial charge >= 0.3 is 5.97 Å². The smallest absolute Gasteiger partial charge is 0.321 e. The number of nitrogens with one attached hydrogen (secondary N) is 1. The van der Waals surface area contributed by atoms with E-state index in [1.165, 1.54) is 25.7 Å². The van der Waals surface area contributed by atoms with Crippen molar-refractivity contribution < 1.29 is 15.0 Å². The summed E-state index contributed by atoms with van der Waals surface area (Å²) in [5.41, 5.74) is 0.897. The predicted octanol–water partition coefficient (Wildman–Crippen LogP) is 7.12. The summed E-state index contributed by atoms with van der Waals surface area (Å²) in [6, 6.07) is 6.08. The van der Waals surface area contributed by atoms with Crippen LogP contribution in [0.2, 0.25) is 0 Å². The largest absolute Gasteiger partial charge is 0.508 e. The Kier molecular flexibility index (Phi) is 17.3. The normalized spacial score (nSPS) is 13.1. The van der Waals surface area contributed by atoms with E-state index in [0.29, 0.717) is 13.0 Å². The molecule has 0 saturated carbocycles. The fraction of sp³-hybridized carbons (Fsp3) is 0.483. The Balaban J connectivity index is 2.03. The van der Waals surface area contributed by atoms with E-state index < -0.39 is 12.0 Å². The van der Waals surface area contributed by atoms with Crippen molar-refractivity contribution in [3.05, 3.63) is 78.4 Å². The molecule has 1 rings (SSSR count). The Labute approximate surface area is 200 Å². The summed E-state index contributed by atoms with van der Waals surface area (Å²) >= 11 is 0. The highest BCUT2D eigenvalue weighted by molar-refractivity contribution is 5.73. The highest BCUT2D eigenvalue weighted by Crippen LogP contribution is 2.11. The van der Waals surface area contributed by atoms with Crippen molar-refractivity contribution in [1.29, 1.82) is 0 Å². The van der Waals surface area contributed by atoms with Gasteiger partial charge in [-0.15, -0.1) is 0 Å². The number of phenols is 1. The lowest BCUT2D eigenvalue weighted by Crippen LogP contribution is -2.39. The first-order chi connectivity index (χ1) is 16.1. The number of carboxylic acid groups (broad SMARTS) is 1. The van der Waals surface area contributed by atoms with Gasteiger partial charge in [-0.1, -0.05) is 80.5 Å². The van der Waals surface area contributed by atoms with Crippen molar-refractivity contribution in [1.82, 2.24) is 5.32 Å². The van der Waals surface area contributed by atoms with Gasteiger partial charge in [0, 0.05) is 0 Å². The third kappa shape index (κ3) is 16.7. The monoisotopic (exact) mass is 453 g/mol. The number of allylic oxidation sites excluding steroid dienone is 8. The summed E-state index contributed by atoms with van der Waals surface area (Å²) in [6.07, 6.45) is 29.3. The Morgan fingerprint density at radius 3 is 1.85 bits per heavy atom. The lowest BCUT2D eigenvalue weighted by molar-refractivity contribution is -0.139. The third-order valence-corrected chi connectivity index (χ3v) is 5.32. The number of rotatable bonds is 19. The molecule has 0 aliphatic carbocycles. The quantitative estimate of drug-likeness (QED) is 0.154. The number of carboxylic acids is 1. The number of aromatic hydroxyl groups is 1. The number of aliphatic carboxylic acids is 1. The standard InChI is InChI=1S/C29H43NO3/c1-2-3-4-5-6-7-8-9-10-11-12-13-14-15-16-17-18-19-24-30-28(29(32)33)25-26-20-22-27(31)23-21-26/h6-7,9-10,12-13,15-16,20-23,28,30-31H,2-5,8,11,14,17-19,24-25H2,1H3,(H,32,33)/b7-6-,10-9-,13-12-,16-15-/t28-/m0/s1. The molecule has 0 unspecified atom stereocenters. The van der Waals surface area contributed by atoms with Crippen LogP contribution >= 0.6 is 0 Å². The van der Waals surface area contributed by atoms with Crippen LogP contribution in [0.3, 0.4) is 0 Å². The molecule has 0 radical (unpaired) electrons. The first-order valence-electron chi connectivity index (χ1n) is 12.5. The molecule has 4 nitrogen and oxygen atoms in total. The van der Waals surface area contributed by atoms with Crippen LogP contribution in [0.5, 0.6) is 5.75 Å². The molecule has 1 aromatic carbocycles. The SMILES string of the molecule is CCCCC/C=C\C/C=C\C/C=C\C/C=C\CCCCN[C@@H](Cc1ccc(O)cc1)C(=O)O. The summed E-state index contributed by atoms with van der Waals surface area (Å²) in [6.45, 7) is 2.92. The Morgan fingerprint density at radius 2 is 1.33 bits per heavy atom. The molecule has 0 heterocycles. The van der Waals surface area contributed by atoms with Gasteiger partial charge < -0.3 is 15.5 Å². The molecule has 4 heteroatoms. The van der Waals surface area contributed by atoms with E-state index in [1.54, 1.807) is 24.3 Å². The van der Waals surface area contributed by atoms with E-state index in [4.69, 9.17) is 0 Å². The maximum absolute atomic E-state index is 11.5. The summed E-state index contributed by atoms with van der Waals surface area (Å²) in [7, 11) is 0. The zero-order chi connectivity index (χ0) is 24.0. The summed E-state index contributed by atoms with van der Waals surface area (Å²) < 4.78 is 0. The van der Waals surface area contributed by atoms with E-state index in [1.807, 2.05) is 0 Å². The number of carbonyl (C=O) groups is 1. The first-order valence-corrected chi connectivity index (χ1v) is 12.5. The minimum Gasteiger partial charge on any atom is -0.508 e. The van der Waals surface area contributed by atoms with Gasteiger partial charge in [0.15, 0.2) is 0 Å². The van der Waals surface area contributed by atoms with Gasteiger partial charge in [0.25, 0.3) is 0 Å². The Morgan fingerprint density at radius 1 is 0.818 bits per heavy atom. The zero-order valence-electron chi connectivity index (χ0n) is 20.3. The molecule has 1 atom stereocenters. The number of hydrogen-bond acceptors (Lipinski definition) is 3. The van der Waals surface area contributed by atoms with Gasteiger partial charge in [-0.25, -0.2) is 0 Å². The van der Waals surface area contributed by atoms with Gasteiger partial charge in [-0.05, 0) is 82.0 Å². The number of hydrogen-bond donors (Lipinski definition) is 3. The highest BCUT2D eigenvalue weighted by atomic mass is 16.4. The van der Waals surface area contributed by atoms with Crippen LogP contribution in [0, 0.1) is 0 Å². The van der Waals surface area contributed by atoms with Crippen LogP contribution in [-0.2, 0) is 11.2 Å². The van der Waals surface area contributed by atoms with Gasteiger partial charge in [-0.2, -0.15) is 0 Å². The maximum atomic E-state index is 11.5. The molecule has 33 heavy (non-hydrogen) atoms. The second kappa shape index (κ2) is 20.0. The number of phenolic OH excluding ortho intramolecular Hbond substituents is 1. The molecule has 0 saturated heterocycles. The summed E-state index contributed by atoms with van der Waals surface area (Å²) in [4.78, 5) is 11.5. The van der Waals surface area contributed by atoms with Crippen molar-refractivity contribution in [3.63, 3.8) is 0 Å². The van der Waals surface area contributed by atoms with Crippen LogP contribution in [0.1, 0.15) is 76.7 Å². The maximum Gasteiger partial charge on any atom is 0.321 e. The first kappa shape index (κ1) is 28.4. The molecular formula is C29H43NO3. The minimum atomic E-state index is -0.844. The average Bonchev–Trinajstić information content (AvgIpc) is 2.81. The van der Waals surface area contributed by atoms with Gasteiger partial charge in [-0.3, -0.25) is 4.79 Å². The van der Waals surface area contributed by atoms with E-state index in [-0.39, 0.29) is 5.75 Å². The molecular weight excluding hydrogens is 410 g/mol. The third-order valence-electron chi connectivity index (χ3n) is 5.32. The topological polar surface area (TPSA) is 69.6 Å². The number of benzene rings is 1. The van der Waals surface area contributed by atoms with Gasteiger partial charge in [0.05, 0.1) is 0 Å². The van der Waals surface area contributed by atoms with E-state index in [9.17, 15) is 15.0 Å². The van der Waals surface area contributed by atoms with Crippen molar-refractivity contribution in [2.75, 3.05) is 6.54 Å². The van der Waals surface area contributed by atoms with Crippen LogP contribution in [-0.4, -0.2) is 28.8 Å². The van der Waals surface area contributed by atoms with Crippen LogP contribution in [0.25, 0.3) is 0 Å². The van der Waals surface area contributed by atoms with Crippen molar-refractivity contribution in [2.24, 2.45) is 0 Å².